The number of benzene rings is 2. The van der Waals surface area contributed by atoms with Crippen molar-refractivity contribution in [2.45, 2.75) is 26.7 Å². The summed E-state index contributed by atoms with van der Waals surface area (Å²) in [6.45, 7) is 4.19. The van der Waals surface area contributed by atoms with Gasteiger partial charge in [-0.2, -0.15) is 0 Å². The van der Waals surface area contributed by atoms with Gasteiger partial charge in [0.25, 0.3) is 0 Å². The number of ether oxygens (including phenoxy) is 2. The predicted molar refractivity (Wildman–Crippen MR) is 95.4 cm³/mol. The average molecular weight is 416 g/mol. The molecule has 2 aromatic carbocycles. The molecule has 0 saturated heterocycles. The Morgan fingerprint density at radius 3 is 2.58 bits per heavy atom. The molecule has 2 rings (SSSR count). The van der Waals surface area contributed by atoms with Crippen LogP contribution in [0, 0.1) is 19.7 Å². The van der Waals surface area contributed by atoms with Gasteiger partial charge in [-0.1, -0.05) is 11.6 Å². The van der Waals surface area contributed by atoms with E-state index in [4.69, 9.17) is 21.1 Å². The van der Waals surface area contributed by atoms with Crippen molar-refractivity contribution in [3.05, 3.63) is 56.8 Å². The third kappa shape index (κ3) is 4.95. The summed E-state index contributed by atoms with van der Waals surface area (Å²) in [5, 5.41) is 0.706. The van der Waals surface area contributed by atoms with Crippen LogP contribution in [0.15, 0.2) is 34.8 Å². The molecule has 0 heterocycles. The fourth-order valence-electron chi connectivity index (χ4n) is 2.09. The van der Waals surface area contributed by atoms with Crippen LogP contribution in [0.1, 0.15) is 24.0 Å². The van der Waals surface area contributed by atoms with E-state index in [2.05, 4.69) is 15.9 Å². The Kier molecular flexibility index (Phi) is 6.63. The number of halogens is 3. The molecule has 2 aromatic rings. The van der Waals surface area contributed by atoms with Gasteiger partial charge in [-0.05, 0) is 77.7 Å². The van der Waals surface area contributed by atoms with E-state index >= 15 is 0 Å². The highest BCUT2D eigenvalue weighted by Gasteiger charge is 2.11. The van der Waals surface area contributed by atoms with Crippen LogP contribution in [-0.2, 0) is 4.79 Å². The maximum Gasteiger partial charge on any atom is 0.311 e. The first kappa shape index (κ1) is 18.7. The third-order valence-corrected chi connectivity index (χ3v) is 4.96. The van der Waals surface area contributed by atoms with Crippen molar-refractivity contribution in [3.63, 3.8) is 0 Å². The molecule has 0 radical (unpaired) electrons. The highest BCUT2D eigenvalue weighted by atomic mass is 79.9. The number of hydrogen-bond donors (Lipinski definition) is 0. The van der Waals surface area contributed by atoms with Gasteiger partial charge in [0.15, 0.2) is 0 Å². The molecule has 3 nitrogen and oxygen atoms in total. The first-order valence-electron chi connectivity index (χ1n) is 7.42. The van der Waals surface area contributed by atoms with Gasteiger partial charge in [0, 0.05) is 11.4 Å². The van der Waals surface area contributed by atoms with Crippen LogP contribution in [0.4, 0.5) is 4.39 Å². The smallest absolute Gasteiger partial charge is 0.311 e. The van der Waals surface area contributed by atoms with E-state index in [1.165, 1.54) is 24.3 Å². The maximum atomic E-state index is 12.8. The first-order valence-corrected chi connectivity index (χ1v) is 8.60. The summed E-state index contributed by atoms with van der Waals surface area (Å²) < 4.78 is 24.4. The zero-order chi connectivity index (χ0) is 17.7. The molecular weight excluding hydrogens is 399 g/mol. The largest absolute Gasteiger partial charge is 0.492 e. The van der Waals surface area contributed by atoms with Crippen LogP contribution in [0.5, 0.6) is 11.5 Å². The Labute approximate surface area is 153 Å². The van der Waals surface area contributed by atoms with Crippen molar-refractivity contribution < 1.29 is 18.7 Å². The molecule has 0 N–H and O–H groups in total. The second-order valence-electron chi connectivity index (χ2n) is 5.32. The highest BCUT2D eigenvalue weighted by molar-refractivity contribution is 9.10. The van der Waals surface area contributed by atoms with Crippen molar-refractivity contribution in [2.75, 3.05) is 6.61 Å². The molecule has 24 heavy (non-hydrogen) atoms. The minimum atomic E-state index is -0.382. The topological polar surface area (TPSA) is 35.5 Å². The number of esters is 1. The summed E-state index contributed by atoms with van der Waals surface area (Å²) in [5.41, 5.74) is 1.85. The molecule has 0 bridgehead atoms. The zero-order valence-corrected chi connectivity index (χ0v) is 15.7. The van der Waals surface area contributed by atoms with E-state index in [0.717, 1.165) is 15.6 Å². The molecule has 0 amide bonds. The number of carbonyl (C=O) groups is 1. The summed E-state index contributed by atoms with van der Waals surface area (Å²) >= 11 is 9.64. The minimum absolute atomic E-state index is 0.209. The fourth-order valence-corrected chi connectivity index (χ4v) is 2.78. The Balaban J connectivity index is 1.81. The van der Waals surface area contributed by atoms with Crippen LogP contribution < -0.4 is 9.47 Å². The minimum Gasteiger partial charge on any atom is -0.492 e. The van der Waals surface area contributed by atoms with Gasteiger partial charge in [0.05, 0.1) is 11.1 Å². The van der Waals surface area contributed by atoms with Crippen molar-refractivity contribution in [2.24, 2.45) is 0 Å². The van der Waals surface area contributed by atoms with E-state index < -0.39 is 0 Å². The summed E-state index contributed by atoms with van der Waals surface area (Å²) in [6, 6.07) is 7.18. The van der Waals surface area contributed by atoms with Gasteiger partial charge in [0.2, 0.25) is 0 Å². The van der Waals surface area contributed by atoms with Crippen LogP contribution in [0.25, 0.3) is 0 Å². The number of rotatable bonds is 6. The van der Waals surface area contributed by atoms with Gasteiger partial charge >= 0.3 is 5.97 Å². The molecule has 0 aromatic heterocycles. The van der Waals surface area contributed by atoms with Gasteiger partial charge in [-0.3, -0.25) is 4.79 Å². The summed E-state index contributed by atoms with van der Waals surface area (Å²) in [5.74, 6) is 0.269. The Hall–Kier alpha value is -1.59. The SMILES string of the molecule is Cc1cc(OCCCC(=O)Oc2ccc(F)cc2)c(Br)c(C)c1Cl. The Morgan fingerprint density at radius 1 is 1.25 bits per heavy atom. The molecule has 0 spiro atoms. The Morgan fingerprint density at radius 2 is 1.92 bits per heavy atom. The van der Waals surface area contributed by atoms with E-state index in [0.29, 0.717) is 29.5 Å². The number of carbonyl (C=O) groups excluding carboxylic acids is 1. The molecule has 0 fully saturated rings. The predicted octanol–water partition coefficient (Wildman–Crippen LogP) is 5.62. The van der Waals surface area contributed by atoms with E-state index in [1.54, 1.807) is 0 Å². The third-order valence-electron chi connectivity index (χ3n) is 3.40. The lowest BCUT2D eigenvalue weighted by atomic mass is 10.1. The van der Waals surface area contributed by atoms with Gasteiger partial charge in [-0.15, -0.1) is 0 Å². The molecule has 0 aliphatic rings. The quantitative estimate of drug-likeness (QED) is 0.349. The summed E-state index contributed by atoms with van der Waals surface area (Å²) in [7, 11) is 0. The normalized spacial score (nSPS) is 10.5. The number of aryl methyl sites for hydroxylation is 1. The van der Waals surface area contributed by atoms with Crippen molar-refractivity contribution in [3.8, 4) is 11.5 Å². The molecule has 128 valence electrons. The molecular formula is C18H17BrClFO3. The fraction of sp³-hybridized carbons (Fsp3) is 0.278. The molecule has 0 aliphatic heterocycles. The van der Waals surface area contributed by atoms with Crippen LogP contribution >= 0.6 is 27.5 Å². The van der Waals surface area contributed by atoms with E-state index in [-0.39, 0.29) is 18.2 Å². The monoisotopic (exact) mass is 414 g/mol. The highest BCUT2D eigenvalue weighted by Crippen LogP contribution is 2.35. The van der Waals surface area contributed by atoms with Crippen LogP contribution in [-0.4, -0.2) is 12.6 Å². The molecule has 0 unspecified atom stereocenters. The molecule has 0 aliphatic carbocycles. The lowest BCUT2D eigenvalue weighted by Crippen LogP contribution is -2.10. The molecule has 0 atom stereocenters. The lowest BCUT2D eigenvalue weighted by Gasteiger charge is -2.13. The lowest BCUT2D eigenvalue weighted by molar-refractivity contribution is -0.134. The van der Waals surface area contributed by atoms with E-state index in [1.807, 2.05) is 19.9 Å². The average Bonchev–Trinajstić information content (AvgIpc) is 2.56. The van der Waals surface area contributed by atoms with Crippen molar-refractivity contribution in [1.82, 2.24) is 0 Å². The zero-order valence-electron chi connectivity index (χ0n) is 13.4. The van der Waals surface area contributed by atoms with Crippen LogP contribution in [0.2, 0.25) is 5.02 Å². The van der Waals surface area contributed by atoms with E-state index in [9.17, 15) is 9.18 Å². The second-order valence-corrected chi connectivity index (χ2v) is 6.50. The summed E-state index contributed by atoms with van der Waals surface area (Å²) in [6.07, 6.45) is 0.716. The van der Waals surface area contributed by atoms with Crippen molar-refractivity contribution in [1.29, 1.82) is 0 Å². The second kappa shape index (κ2) is 8.49. The summed E-state index contributed by atoms with van der Waals surface area (Å²) in [4.78, 5) is 11.7. The number of hydrogen-bond acceptors (Lipinski definition) is 3. The molecule has 6 heteroatoms. The molecule has 0 saturated carbocycles. The maximum absolute atomic E-state index is 12.8. The van der Waals surface area contributed by atoms with Crippen LogP contribution in [0.3, 0.4) is 0 Å². The van der Waals surface area contributed by atoms with Gasteiger partial charge < -0.3 is 9.47 Å². The standard InChI is InChI=1S/C18H17BrClFO3/c1-11-10-15(17(19)12(2)18(11)20)23-9-3-4-16(22)24-14-7-5-13(21)6-8-14/h5-8,10H,3-4,9H2,1-2H3. The van der Waals surface area contributed by atoms with Gasteiger partial charge in [0.1, 0.15) is 17.3 Å². The van der Waals surface area contributed by atoms with Gasteiger partial charge in [-0.25, -0.2) is 4.39 Å². The first-order chi connectivity index (χ1) is 11.4. The van der Waals surface area contributed by atoms with Crippen molar-refractivity contribution >= 4 is 33.5 Å². The Bertz CT molecular complexity index is 732.